The maximum atomic E-state index is 13.0. The topological polar surface area (TPSA) is 66.8 Å². The van der Waals surface area contributed by atoms with Gasteiger partial charge in [-0.2, -0.15) is 4.31 Å². The molecule has 0 amide bonds. The van der Waals surface area contributed by atoms with Gasteiger partial charge in [0.15, 0.2) is 0 Å². The number of nitrogens with zero attached hydrogens (tertiary/aromatic N) is 1. The average molecular weight is 359 g/mol. The van der Waals surface area contributed by atoms with Gasteiger partial charge in [-0.15, -0.1) is 0 Å². The molecule has 2 rings (SSSR count). The Morgan fingerprint density at radius 2 is 1.88 bits per heavy atom. The molecule has 0 saturated carbocycles. The first kappa shape index (κ1) is 19.0. The summed E-state index contributed by atoms with van der Waals surface area (Å²) in [7, 11) is -0.775. The van der Waals surface area contributed by atoms with E-state index in [9.17, 15) is 8.42 Å². The van der Waals surface area contributed by atoms with Crippen molar-refractivity contribution in [1.29, 1.82) is 0 Å². The van der Waals surface area contributed by atoms with Gasteiger partial charge in [0.05, 0.1) is 13.7 Å². The van der Waals surface area contributed by atoms with E-state index in [2.05, 4.69) is 11.8 Å². The van der Waals surface area contributed by atoms with Crippen molar-refractivity contribution in [3.8, 4) is 17.6 Å². The number of hydrogen-bond acceptors (Lipinski definition) is 4. The van der Waals surface area contributed by atoms with Gasteiger partial charge in [-0.1, -0.05) is 42.2 Å². The summed E-state index contributed by atoms with van der Waals surface area (Å²) in [5.74, 6) is 5.91. The summed E-state index contributed by atoms with van der Waals surface area (Å²) in [6.45, 7) is 0.223. The number of ether oxygens (including phenoxy) is 1. The molecule has 0 aromatic heterocycles. The largest absolute Gasteiger partial charge is 0.495 e. The van der Waals surface area contributed by atoms with Crippen molar-refractivity contribution in [2.75, 3.05) is 20.8 Å². The minimum absolute atomic E-state index is 0.0336. The molecule has 6 heteroatoms. The van der Waals surface area contributed by atoms with Gasteiger partial charge in [0.1, 0.15) is 10.6 Å². The standard InChI is InChI=1S/C19H21NO4S/c1-20(15-17-9-4-3-5-10-17)25(22,23)19-14-16(8-6-7-13-21)11-12-18(19)24-2/h3-5,9-12,14,21H,7,13,15H2,1-2H3. The van der Waals surface area contributed by atoms with E-state index in [1.165, 1.54) is 24.5 Å². The van der Waals surface area contributed by atoms with Crippen LogP contribution in [0.25, 0.3) is 0 Å². The minimum atomic E-state index is -3.74. The zero-order valence-electron chi connectivity index (χ0n) is 14.3. The van der Waals surface area contributed by atoms with Crippen LogP contribution in [0.15, 0.2) is 53.4 Å². The molecule has 5 nitrogen and oxygen atoms in total. The van der Waals surface area contributed by atoms with Gasteiger partial charge in [-0.3, -0.25) is 0 Å². The van der Waals surface area contributed by atoms with Crippen molar-refractivity contribution in [2.24, 2.45) is 0 Å². The van der Waals surface area contributed by atoms with Gasteiger partial charge in [0.2, 0.25) is 10.0 Å². The van der Waals surface area contributed by atoms with Crippen LogP contribution in [0.1, 0.15) is 17.5 Å². The van der Waals surface area contributed by atoms with Crippen molar-refractivity contribution in [3.05, 3.63) is 59.7 Å². The highest BCUT2D eigenvalue weighted by atomic mass is 32.2. The van der Waals surface area contributed by atoms with Crippen LogP contribution in [0.3, 0.4) is 0 Å². The monoisotopic (exact) mass is 359 g/mol. The summed E-state index contributed by atoms with van der Waals surface area (Å²) >= 11 is 0. The second-order valence-corrected chi connectivity index (χ2v) is 7.40. The van der Waals surface area contributed by atoms with Crippen molar-refractivity contribution < 1.29 is 18.3 Å². The van der Waals surface area contributed by atoms with Gasteiger partial charge in [0.25, 0.3) is 0 Å². The third-order valence-electron chi connectivity index (χ3n) is 3.57. The van der Waals surface area contributed by atoms with Gasteiger partial charge in [-0.25, -0.2) is 8.42 Å². The van der Waals surface area contributed by atoms with Crippen molar-refractivity contribution >= 4 is 10.0 Å². The SMILES string of the molecule is COc1ccc(C#CCCO)cc1S(=O)(=O)N(C)Cc1ccccc1. The van der Waals surface area contributed by atoms with Crippen molar-refractivity contribution in [1.82, 2.24) is 4.31 Å². The normalized spacial score (nSPS) is 11.0. The van der Waals surface area contributed by atoms with E-state index in [1.807, 2.05) is 30.3 Å². The van der Waals surface area contributed by atoms with Crippen LogP contribution in [0.5, 0.6) is 5.75 Å². The second kappa shape index (κ2) is 8.67. The zero-order valence-corrected chi connectivity index (χ0v) is 15.1. The van der Waals surface area contributed by atoms with E-state index in [-0.39, 0.29) is 23.8 Å². The lowest BCUT2D eigenvalue weighted by Gasteiger charge is -2.19. The lowest BCUT2D eigenvalue weighted by molar-refractivity contribution is 0.305. The van der Waals surface area contributed by atoms with E-state index < -0.39 is 10.0 Å². The summed E-state index contributed by atoms with van der Waals surface area (Å²) in [6, 6.07) is 14.2. The van der Waals surface area contributed by atoms with E-state index >= 15 is 0 Å². The molecule has 0 aliphatic rings. The van der Waals surface area contributed by atoms with Crippen LogP contribution < -0.4 is 4.74 Å². The molecule has 0 radical (unpaired) electrons. The van der Waals surface area contributed by atoms with Gasteiger partial charge in [-0.05, 0) is 23.8 Å². The fourth-order valence-electron chi connectivity index (χ4n) is 2.27. The summed E-state index contributed by atoms with van der Waals surface area (Å²) < 4.78 is 32.4. The molecule has 132 valence electrons. The maximum absolute atomic E-state index is 13.0. The van der Waals surface area contributed by atoms with Gasteiger partial charge < -0.3 is 9.84 Å². The Balaban J connectivity index is 2.36. The number of hydrogen-bond donors (Lipinski definition) is 1. The van der Waals surface area contributed by atoms with Crippen LogP contribution in [-0.2, 0) is 16.6 Å². The van der Waals surface area contributed by atoms with Crippen LogP contribution in [0.2, 0.25) is 0 Å². The molecule has 1 N–H and O–H groups in total. The molecule has 0 spiro atoms. The molecule has 0 atom stereocenters. The summed E-state index contributed by atoms with van der Waals surface area (Å²) in [5, 5.41) is 8.80. The Labute approximate surface area is 148 Å². The van der Waals surface area contributed by atoms with Crippen LogP contribution in [0, 0.1) is 11.8 Å². The number of aliphatic hydroxyl groups excluding tert-OH is 1. The lowest BCUT2D eigenvalue weighted by atomic mass is 10.2. The van der Waals surface area contributed by atoms with Crippen LogP contribution in [-0.4, -0.2) is 38.6 Å². The number of methoxy groups -OCH3 is 1. The first-order valence-corrected chi connectivity index (χ1v) is 9.21. The highest BCUT2D eigenvalue weighted by Crippen LogP contribution is 2.28. The van der Waals surface area contributed by atoms with E-state index in [4.69, 9.17) is 9.84 Å². The summed E-state index contributed by atoms with van der Waals surface area (Å²) in [4.78, 5) is 0.0734. The highest BCUT2D eigenvalue weighted by molar-refractivity contribution is 7.89. The summed E-state index contributed by atoms with van der Waals surface area (Å²) in [5.41, 5.74) is 1.45. The quantitative estimate of drug-likeness (QED) is 0.804. The Hall–Kier alpha value is -2.33. The number of aliphatic hydroxyl groups is 1. The molecule has 2 aromatic rings. The molecule has 25 heavy (non-hydrogen) atoms. The number of sulfonamides is 1. The molecule has 0 saturated heterocycles. The van der Waals surface area contributed by atoms with Crippen molar-refractivity contribution in [3.63, 3.8) is 0 Å². The average Bonchev–Trinajstić information content (AvgIpc) is 2.62. The summed E-state index contributed by atoms with van der Waals surface area (Å²) in [6.07, 6.45) is 0.335. The Kier molecular flexibility index (Phi) is 6.59. The molecule has 0 fully saturated rings. The molecule has 0 aliphatic carbocycles. The zero-order chi connectivity index (χ0) is 18.3. The fourth-order valence-corrected chi connectivity index (χ4v) is 3.61. The lowest BCUT2D eigenvalue weighted by Crippen LogP contribution is -2.27. The molecule has 0 heterocycles. The maximum Gasteiger partial charge on any atom is 0.246 e. The van der Waals surface area contributed by atoms with E-state index in [1.54, 1.807) is 12.1 Å². The van der Waals surface area contributed by atoms with Gasteiger partial charge >= 0.3 is 0 Å². The number of benzene rings is 2. The predicted octanol–water partition coefficient (Wildman–Crippen LogP) is 2.25. The second-order valence-electron chi connectivity index (χ2n) is 5.39. The van der Waals surface area contributed by atoms with Crippen molar-refractivity contribution in [2.45, 2.75) is 17.9 Å². The predicted molar refractivity (Wildman–Crippen MR) is 96.7 cm³/mol. The molecular formula is C19H21NO4S. The van der Waals surface area contributed by atoms with Crippen LogP contribution >= 0.6 is 0 Å². The molecule has 2 aromatic carbocycles. The third kappa shape index (κ3) is 4.83. The van der Waals surface area contributed by atoms with E-state index in [0.29, 0.717) is 12.0 Å². The molecular weight excluding hydrogens is 338 g/mol. The fraction of sp³-hybridized carbons (Fsp3) is 0.263. The Bertz CT molecular complexity index is 867. The molecule has 0 aliphatic heterocycles. The number of rotatable bonds is 6. The van der Waals surface area contributed by atoms with E-state index in [0.717, 1.165) is 5.56 Å². The molecule has 0 unspecified atom stereocenters. The first-order valence-electron chi connectivity index (χ1n) is 7.77. The smallest absolute Gasteiger partial charge is 0.246 e. The Morgan fingerprint density at radius 3 is 2.52 bits per heavy atom. The highest BCUT2D eigenvalue weighted by Gasteiger charge is 2.25. The van der Waals surface area contributed by atoms with Gasteiger partial charge in [0, 0.05) is 25.6 Å². The van der Waals surface area contributed by atoms with Crippen LogP contribution in [0.4, 0.5) is 0 Å². The first-order chi connectivity index (χ1) is 12.0. The minimum Gasteiger partial charge on any atom is -0.495 e. The third-order valence-corrected chi connectivity index (χ3v) is 5.39. The molecule has 0 bridgehead atoms. The Morgan fingerprint density at radius 1 is 1.16 bits per heavy atom.